The van der Waals surface area contributed by atoms with E-state index >= 15 is 0 Å². The van der Waals surface area contributed by atoms with E-state index in [1.807, 2.05) is 12.1 Å². The lowest BCUT2D eigenvalue weighted by Crippen LogP contribution is -2.42. The molecule has 0 bridgehead atoms. The van der Waals surface area contributed by atoms with E-state index in [0.717, 1.165) is 56.9 Å². The summed E-state index contributed by atoms with van der Waals surface area (Å²) in [6, 6.07) is 7.37. The molecule has 0 radical (unpaired) electrons. The van der Waals surface area contributed by atoms with Gasteiger partial charge in [-0.05, 0) is 61.9 Å². The summed E-state index contributed by atoms with van der Waals surface area (Å²) in [5.74, 6) is 1.78. The second-order valence-corrected chi connectivity index (χ2v) is 7.30. The molecule has 24 heavy (non-hydrogen) atoms. The normalized spacial score (nSPS) is 24.4. The molecule has 2 atom stereocenters. The van der Waals surface area contributed by atoms with Crippen molar-refractivity contribution in [1.29, 1.82) is 0 Å². The Bertz CT molecular complexity index is 563. The molecule has 132 valence electrons. The number of benzene rings is 1. The van der Waals surface area contributed by atoms with Gasteiger partial charge in [0.25, 0.3) is 0 Å². The third kappa shape index (κ3) is 3.92. The zero-order valence-electron chi connectivity index (χ0n) is 14.9. The van der Waals surface area contributed by atoms with Gasteiger partial charge in [0.15, 0.2) is 0 Å². The van der Waals surface area contributed by atoms with Crippen LogP contribution in [0.4, 0.5) is 0 Å². The van der Waals surface area contributed by atoms with E-state index < -0.39 is 0 Å². The fraction of sp³-hybridized carbons (Fsp3) is 0.650. The van der Waals surface area contributed by atoms with Crippen molar-refractivity contribution in [2.45, 2.75) is 39.0 Å². The predicted octanol–water partition coefficient (Wildman–Crippen LogP) is 3.08. The van der Waals surface area contributed by atoms with Gasteiger partial charge < -0.3 is 14.9 Å². The molecule has 4 nitrogen and oxygen atoms in total. The molecule has 4 heteroatoms. The highest BCUT2D eigenvalue weighted by molar-refractivity contribution is 5.83. The van der Waals surface area contributed by atoms with Gasteiger partial charge in [0.2, 0.25) is 5.91 Å². The molecule has 2 fully saturated rings. The Morgan fingerprint density at radius 3 is 2.58 bits per heavy atom. The molecular weight excluding hydrogens is 300 g/mol. The number of carbonyl (C=O) groups is 1. The number of hydrogen-bond acceptors (Lipinski definition) is 3. The van der Waals surface area contributed by atoms with E-state index in [1.165, 1.54) is 6.54 Å². The third-order valence-electron chi connectivity index (χ3n) is 5.74. The Morgan fingerprint density at radius 2 is 1.96 bits per heavy atom. The van der Waals surface area contributed by atoms with Crippen LogP contribution in [0.3, 0.4) is 0 Å². The van der Waals surface area contributed by atoms with Gasteiger partial charge in [0.05, 0.1) is 0 Å². The Morgan fingerprint density at radius 1 is 1.25 bits per heavy atom. The van der Waals surface area contributed by atoms with Gasteiger partial charge in [0.1, 0.15) is 5.75 Å². The van der Waals surface area contributed by atoms with Crippen LogP contribution in [0.25, 0.3) is 0 Å². The lowest BCUT2D eigenvalue weighted by molar-refractivity contribution is -0.134. The quantitative estimate of drug-likeness (QED) is 0.872. The van der Waals surface area contributed by atoms with E-state index in [1.54, 1.807) is 12.1 Å². The molecule has 1 aromatic carbocycles. The third-order valence-corrected chi connectivity index (χ3v) is 5.74. The van der Waals surface area contributed by atoms with Crippen molar-refractivity contribution in [3.8, 4) is 5.75 Å². The largest absolute Gasteiger partial charge is 0.508 e. The molecule has 1 aliphatic carbocycles. The van der Waals surface area contributed by atoms with Crippen molar-refractivity contribution in [2.75, 3.05) is 32.7 Å². The topological polar surface area (TPSA) is 43.8 Å². The van der Waals surface area contributed by atoms with Gasteiger partial charge in [0, 0.05) is 25.6 Å². The second-order valence-electron chi connectivity index (χ2n) is 7.30. The average Bonchev–Trinajstić information content (AvgIpc) is 3.40. The van der Waals surface area contributed by atoms with Crippen LogP contribution in [0.2, 0.25) is 0 Å². The zero-order valence-corrected chi connectivity index (χ0v) is 14.9. The minimum Gasteiger partial charge on any atom is -0.508 e. The highest BCUT2D eigenvalue weighted by Crippen LogP contribution is 2.49. The van der Waals surface area contributed by atoms with E-state index in [-0.39, 0.29) is 5.92 Å². The van der Waals surface area contributed by atoms with Crippen LogP contribution >= 0.6 is 0 Å². The van der Waals surface area contributed by atoms with Crippen LogP contribution in [0.5, 0.6) is 5.75 Å². The maximum atomic E-state index is 12.7. The Kier molecular flexibility index (Phi) is 5.44. The summed E-state index contributed by atoms with van der Waals surface area (Å²) in [5.41, 5.74) is 1.10. The molecule has 1 saturated heterocycles. The van der Waals surface area contributed by atoms with E-state index in [9.17, 15) is 9.90 Å². The molecule has 0 unspecified atom stereocenters. The fourth-order valence-corrected chi connectivity index (χ4v) is 4.01. The van der Waals surface area contributed by atoms with Crippen molar-refractivity contribution >= 4 is 5.91 Å². The first-order valence-corrected chi connectivity index (χ1v) is 9.42. The van der Waals surface area contributed by atoms with Crippen molar-refractivity contribution in [3.63, 3.8) is 0 Å². The molecular formula is C20H30N2O2. The molecule has 1 amide bonds. The first kappa shape index (κ1) is 17.3. The second kappa shape index (κ2) is 7.56. The molecule has 0 aromatic heterocycles. The minimum atomic E-state index is 0.131. The summed E-state index contributed by atoms with van der Waals surface area (Å²) in [5, 5.41) is 9.61. The number of phenols is 1. The highest BCUT2D eigenvalue weighted by atomic mass is 16.3. The number of nitrogens with zero attached hydrogens (tertiary/aromatic N) is 2. The van der Waals surface area contributed by atoms with Crippen LogP contribution in [0.1, 0.15) is 44.6 Å². The van der Waals surface area contributed by atoms with Gasteiger partial charge in [-0.1, -0.05) is 26.0 Å². The number of amides is 1. The molecule has 1 aromatic rings. The van der Waals surface area contributed by atoms with Gasteiger partial charge in [-0.3, -0.25) is 4.79 Å². The first-order chi connectivity index (χ1) is 11.6. The first-order valence-electron chi connectivity index (χ1n) is 9.42. The van der Waals surface area contributed by atoms with Gasteiger partial charge >= 0.3 is 0 Å². The van der Waals surface area contributed by atoms with Gasteiger partial charge in [-0.15, -0.1) is 0 Å². The highest BCUT2D eigenvalue weighted by Gasteiger charge is 2.46. The van der Waals surface area contributed by atoms with Crippen LogP contribution < -0.4 is 0 Å². The molecule has 1 N–H and O–H groups in total. The fourth-order valence-electron chi connectivity index (χ4n) is 4.01. The number of likely N-dealkylation sites (tertiary alicyclic amines) is 1. The van der Waals surface area contributed by atoms with Crippen molar-refractivity contribution in [3.05, 3.63) is 29.8 Å². The predicted molar refractivity (Wildman–Crippen MR) is 96.0 cm³/mol. The lowest BCUT2D eigenvalue weighted by Gasteiger charge is -2.34. The van der Waals surface area contributed by atoms with E-state index in [4.69, 9.17) is 0 Å². The average molecular weight is 330 g/mol. The zero-order chi connectivity index (χ0) is 17.1. The molecule has 2 aliphatic rings. The van der Waals surface area contributed by atoms with Crippen LogP contribution in [0.15, 0.2) is 24.3 Å². The van der Waals surface area contributed by atoms with Crippen molar-refractivity contribution in [2.24, 2.45) is 11.8 Å². The van der Waals surface area contributed by atoms with Crippen LogP contribution in [-0.4, -0.2) is 53.5 Å². The SMILES string of the molecule is CCN(CC)CC1CCN(C(=O)[C@@H]2C[C@H]2c2cccc(O)c2)CC1. The Balaban J connectivity index is 1.48. The number of aromatic hydroxyl groups is 1. The summed E-state index contributed by atoms with van der Waals surface area (Å²) in [6.07, 6.45) is 3.19. The summed E-state index contributed by atoms with van der Waals surface area (Å²) in [6.45, 7) is 9.66. The number of piperidine rings is 1. The van der Waals surface area contributed by atoms with Gasteiger partial charge in [-0.2, -0.15) is 0 Å². The van der Waals surface area contributed by atoms with E-state index in [0.29, 0.717) is 17.6 Å². The van der Waals surface area contributed by atoms with Crippen LogP contribution in [0, 0.1) is 11.8 Å². The number of rotatable bonds is 6. The molecule has 1 saturated carbocycles. The Labute approximate surface area is 145 Å². The smallest absolute Gasteiger partial charge is 0.226 e. The lowest BCUT2D eigenvalue weighted by atomic mass is 9.95. The van der Waals surface area contributed by atoms with Gasteiger partial charge in [-0.25, -0.2) is 0 Å². The molecule has 1 aliphatic heterocycles. The molecule has 3 rings (SSSR count). The Hall–Kier alpha value is -1.55. The summed E-state index contributed by atoms with van der Waals surface area (Å²) >= 11 is 0. The maximum absolute atomic E-state index is 12.7. The number of hydrogen-bond donors (Lipinski definition) is 1. The summed E-state index contributed by atoms with van der Waals surface area (Å²) in [4.78, 5) is 17.3. The number of phenolic OH excluding ortho intramolecular Hbond substituents is 1. The maximum Gasteiger partial charge on any atom is 0.226 e. The van der Waals surface area contributed by atoms with Crippen molar-refractivity contribution in [1.82, 2.24) is 9.80 Å². The number of carbonyl (C=O) groups excluding carboxylic acids is 1. The summed E-state index contributed by atoms with van der Waals surface area (Å²) in [7, 11) is 0. The monoisotopic (exact) mass is 330 g/mol. The minimum absolute atomic E-state index is 0.131. The standard InChI is InChI=1S/C20H30N2O2/c1-3-21(4-2)14-15-8-10-22(11-9-15)20(24)19-13-18(19)16-6-5-7-17(23)12-16/h5-7,12,15,18-19,23H,3-4,8-11,13-14H2,1-2H3/t18-,19+/m0/s1. The molecule has 0 spiro atoms. The summed E-state index contributed by atoms with van der Waals surface area (Å²) < 4.78 is 0. The van der Waals surface area contributed by atoms with Crippen LogP contribution in [-0.2, 0) is 4.79 Å². The van der Waals surface area contributed by atoms with Crippen molar-refractivity contribution < 1.29 is 9.90 Å². The molecule has 1 heterocycles. The van der Waals surface area contributed by atoms with E-state index in [2.05, 4.69) is 23.6 Å².